The van der Waals surface area contributed by atoms with Crippen LogP contribution >= 0.6 is 0 Å². The van der Waals surface area contributed by atoms with Crippen molar-refractivity contribution in [1.29, 1.82) is 0 Å². The van der Waals surface area contributed by atoms with Crippen LogP contribution in [0.5, 0.6) is 17.2 Å². The fourth-order valence-corrected chi connectivity index (χ4v) is 3.33. The molecular formula is C25H28N8O3. The van der Waals surface area contributed by atoms with Crippen LogP contribution in [0.25, 0.3) is 0 Å². The first-order chi connectivity index (χ1) is 17.6. The summed E-state index contributed by atoms with van der Waals surface area (Å²) in [5, 5.41) is 6.36. The number of nitrogens with zero attached hydrogens (tertiary/aromatic N) is 3. The predicted octanol–water partition coefficient (Wildman–Crippen LogP) is 4.64. The van der Waals surface area contributed by atoms with Gasteiger partial charge in [0.2, 0.25) is 17.6 Å². The number of anilines is 6. The molecule has 0 bridgehead atoms. The molecule has 4 rings (SSSR count). The summed E-state index contributed by atoms with van der Waals surface area (Å²) < 4.78 is 16.2. The van der Waals surface area contributed by atoms with Crippen molar-refractivity contribution in [3.05, 3.63) is 72.6 Å². The molecule has 0 spiro atoms. The first-order valence-corrected chi connectivity index (χ1v) is 11.1. The first-order valence-electron chi connectivity index (χ1n) is 11.1. The van der Waals surface area contributed by atoms with Gasteiger partial charge in [-0.2, -0.15) is 4.98 Å². The Balaban J connectivity index is 1.45. The van der Waals surface area contributed by atoms with E-state index in [1.165, 1.54) is 11.9 Å². The lowest BCUT2D eigenvalue weighted by atomic mass is 10.2. The molecule has 0 atom stereocenters. The maximum absolute atomic E-state index is 5.41. The number of hydrogen-bond acceptors (Lipinski definition) is 11. The molecule has 11 heteroatoms. The molecule has 5 N–H and O–H groups in total. The standard InChI is InChI=1S/C25H28N8O3/c1-16-9-11-17(12-10-16)31-33-32-20-8-6-5-7-19(20)29-25-27-15-26-24(30-25)28-18-13-21(34-2)23(36-4)22(14-18)35-3/h5-15,31-33H,1-4H3,(H2,26,27,28,29,30). The molecule has 0 saturated heterocycles. The van der Waals surface area contributed by atoms with Crippen molar-refractivity contribution in [3.8, 4) is 17.2 Å². The third-order valence-corrected chi connectivity index (χ3v) is 5.12. The van der Waals surface area contributed by atoms with Crippen LogP contribution < -0.4 is 41.2 Å². The molecule has 4 aromatic rings. The van der Waals surface area contributed by atoms with Gasteiger partial charge < -0.3 is 35.7 Å². The highest BCUT2D eigenvalue weighted by Crippen LogP contribution is 2.40. The van der Waals surface area contributed by atoms with E-state index in [0.717, 1.165) is 17.1 Å². The molecule has 11 nitrogen and oxygen atoms in total. The van der Waals surface area contributed by atoms with Crippen LogP contribution in [0.3, 0.4) is 0 Å². The minimum atomic E-state index is 0.339. The van der Waals surface area contributed by atoms with E-state index >= 15 is 0 Å². The number of nitrogens with one attached hydrogen (secondary N) is 5. The minimum absolute atomic E-state index is 0.339. The lowest BCUT2D eigenvalue weighted by Crippen LogP contribution is -2.28. The van der Waals surface area contributed by atoms with E-state index in [0.29, 0.717) is 34.8 Å². The molecule has 186 valence electrons. The third kappa shape index (κ3) is 6.02. The summed E-state index contributed by atoms with van der Waals surface area (Å²) >= 11 is 0. The van der Waals surface area contributed by atoms with Crippen molar-refractivity contribution in [2.24, 2.45) is 0 Å². The molecule has 0 amide bonds. The van der Waals surface area contributed by atoms with Crippen LogP contribution in [-0.2, 0) is 0 Å². The van der Waals surface area contributed by atoms with Crippen molar-refractivity contribution in [2.45, 2.75) is 6.92 Å². The van der Waals surface area contributed by atoms with Gasteiger partial charge in [-0.3, -0.25) is 0 Å². The third-order valence-electron chi connectivity index (χ3n) is 5.12. The van der Waals surface area contributed by atoms with E-state index in [-0.39, 0.29) is 0 Å². The Morgan fingerprint density at radius 3 is 1.94 bits per heavy atom. The summed E-state index contributed by atoms with van der Waals surface area (Å²) in [6.45, 7) is 2.05. The number of methoxy groups -OCH3 is 3. The lowest BCUT2D eigenvalue weighted by Gasteiger charge is -2.16. The molecule has 0 fully saturated rings. The number of aromatic nitrogens is 3. The number of hydrogen-bond donors (Lipinski definition) is 5. The zero-order chi connectivity index (χ0) is 25.3. The normalized spacial score (nSPS) is 10.3. The number of aryl methyl sites for hydroxylation is 1. The Bertz CT molecular complexity index is 1280. The summed E-state index contributed by atoms with van der Waals surface area (Å²) in [5.41, 5.74) is 13.6. The Labute approximate surface area is 209 Å². The quantitative estimate of drug-likeness (QED) is 0.190. The predicted molar refractivity (Wildman–Crippen MR) is 140 cm³/mol. The summed E-state index contributed by atoms with van der Waals surface area (Å²) in [5.74, 6) is 2.22. The van der Waals surface area contributed by atoms with Gasteiger partial charge in [0.15, 0.2) is 11.5 Å². The second-order valence-corrected chi connectivity index (χ2v) is 7.58. The van der Waals surface area contributed by atoms with Crippen molar-refractivity contribution in [3.63, 3.8) is 0 Å². The molecule has 0 saturated carbocycles. The van der Waals surface area contributed by atoms with Crippen LogP contribution in [0.15, 0.2) is 67.0 Å². The summed E-state index contributed by atoms with van der Waals surface area (Å²) in [4.78, 5) is 12.9. The van der Waals surface area contributed by atoms with Crippen molar-refractivity contribution < 1.29 is 14.2 Å². The fraction of sp³-hybridized carbons (Fsp3) is 0.160. The van der Waals surface area contributed by atoms with Gasteiger partial charge in [-0.25, -0.2) is 9.97 Å². The van der Waals surface area contributed by atoms with Gasteiger partial charge in [-0.1, -0.05) is 29.8 Å². The van der Waals surface area contributed by atoms with Gasteiger partial charge in [0, 0.05) is 17.8 Å². The Kier molecular flexibility index (Phi) is 7.83. The van der Waals surface area contributed by atoms with Gasteiger partial charge in [0.05, 0.1) is 38.4 Å². The molecule has 1 aromatic heterocycles. The maximum Gasteiger partial charge on any atom is 0.232 e. The average Bonchev–Trinajstić information content (AvgIpc) is 2.90. The number of rotatable bonds is 11. The van der Waals surface area contributed by atoms with Gasteiger partial charge >= 0.3 is 0 Å². The van der Waals surface area contributed by atoms with Gasteiger partial charge in [0.1, 0.15) is 6.33 Å². The van der Waals surface area contributed by atoms with E-state index in [4.69, 9.17) is 14.2 Å². The molecule has 1 heterocycles. The lowest BCUT2D eigenvalue weighted by molar-refractivity contribution is 0.324. The highest BCUT2D eigenvalue weighted by molar-refractivity contribution is 5.72. The van der Waals surface area contributed by atoms with Crippen LogP contribution in [0.2, 0.25) is 0 Å². The zero-order valence-electron chi connectivity index (χ0n) is 20.4. The SMILES string of the molecule is COc1cc(Nc2ncnc(Nc3ccccc3NNNc3ccc(C)cc3)n2)cc(OC)c1OC. The molecule has 3 aromatic carbocycles. The van der Waals surface area contributed by atoms with Crippen molar-refractivity contribution in [2.75, 3.05) is 42.8 Å². The van der Waals surface area contributed by atoms with Gasteiger partial charge in [-0.15, -0.1) is 5.53 Å². The largest absolute Gasteiger partial charge is 0.493 e. The van der Waals surface area contributed by atoms with Crippen molar-refractivity contribution >= 4 is 34.6 Å². The van der Waals surface area contributed by atoms with Crippen LogP contribution in [0.1, 0.15) is 5.56 Å². The monoisotopic (exact) mass is 488 g/mol. The second-order valence-electron chi connectivity index (χ2n) is 7.58. The summed E-state index contributed by atoms with van der Waals surface area (Å²) in [6.07, 6.45) is 1.42. The molecule has 0 aliphatic rings. The average molecular weight is 489 g/mol. The van der Waals surface area contributed by atoms with E-state index < -0.39 is 0 Å². The molecular weight excluding hydrogens is 460 g/mol. The van der Waals surface area contributed by atoms with E-state index in [9.17, 15) is 0 Å². The van der Waals surface area contributed by atoms with Gasteiger partial charge in [0.25, 0.3) is 0 Å². The summed E-state index contributed by atoms with van der Waals surface area (Å²) in [7, 11) is 4.67. The van der Waals surface area contributed by atoms with Gasteiger partial charge in [-0.05, 0) is 31.2 Å². The smallest absolute Gasteiger partial charge is 0.232 e. The molecule has 36 heavy (non-hydrogen) atoms. The molecule has 0 aliphatic carbocycles. The Morgan fingerprint density at radius 1 is 0.667 bits per heavy atom. The first kappa shape index (κ1) is 24.4. The highest BCUT2D eigenvalue weighted by atomic mass is 16.5. The fourth-order valence-electron chi connectivity index (χ4n) is 3.33. The number of ether oxygens (including phenoxy) is 3. The van der Waals surface area contributed by atoms with Crippen LogP contribution in [0.4, 0.5) is 34.6 Å². The van der Waals surface area contributed by atoms with E-state index in [1.54, 1.807) is 33.5 Å². The topological polar surface area (TPSA) is 127 Å². The number of para-hydroxylation sites is 2. The maximum atomic E-state index is 5.41. The molecule has 0 radical (unpaired) electrons. The molecule has 0 unspecified atom stereocenters. The molecule has 0 aliphatic heterocycles. The van der Waals surface area contributed by atoms with Crippen LogP contribution in [0, 0.1) is 6.92 Å². The minimum Gasteiger partial charge on any atom is -0.493 e. The van der Waals surface area contributed by atoms with E-state index in [1.807, 2.05) is 55.5 Å². The number of hydrazine groups is 2. The highest BCUT2D eigenvalue weighted by Gasteiger charge is 2.14. The zero-order valence-corrected chi connectivity index (χ0v) is 20.4. The van der Waals surface area contributed by atoms with Crippen molar-refractivity contribution in [1.82, 2.24) is 20.5 Å². The Morgan fingerprint density at radius 2 is 1.31 bits per heavy atom. The number of benzene rings is 3. The summed E-state index contributed by atoms with van der Waals surface area (Å²) in [6, 6.07) is 19.2. The Hall–Kier alpha value is -4.77. The van der Waals surface area contributed by atoms with E-state index in [2.05, 4.69) is 42.0 Å². The second kappa shape index (κ2) is 11.6. The van der Waals surface area contributed by atoms with Crippen LogP contribution in [-0.4, -0.2) is 36.3 Å².